The van der Waals surface area contributed by atoms with Gasteiger partial charge in [0.15, 0.2) is 0 Å². The predicted octanol–water partition coefficient (Wildman–Crippen LogP) is 0.444. The largest absolute Gasteiger partial charge is 0.460 e. The third kappa shape index (κ3) is 3.33. The van der Waals surface area contributed by atoms with Crippen LogP contribution in [-0.4, -0.2) is 55.5 Å². The third-order valence-corrected chi connectivity index (χ3v) is 3.54. The second-order valence-electron chi connectivity index (χ2n) is 4.89. The molecule has 2 fully saturated rings. The Morgan fingerprint density at radius 2 is 1.84 bits per heavy atom. The number of hydrogen-bond donors (Lipinski definition) is 1. The van der Waals surface area contributed by atoms with Gasteiger partial charge < -0.3 is 19.7 Å². The van der Waals surface area contributed by atoms with Crippen LogP contribution >= 0.6 is 0 Å². The number of nitrogens with zero attached hydrogens (tertiary/aromatic N) is 3. The van der Waals surface area contributed by atoms with Crippen molar-refractivity contribution in [3.8, 4) is 6.01 Å². The molecule has 19 heavy (non-hydrogen) atoms. The highest BCUT2D eigenvalue weighted by Gasteiger charge is 2.17. The molecule has 0 unspecified atom stereocenters. The minimum Gasteiger partial charge on any atom is -0.460 e. The van der Waals surface area contributed by atoms with Gasteiger partial charge in [-0.15, -0.1) is 0 Å². The van der Waals surface area contributed by atoms with Crippen molar-refractivity contribution in [3.63, 3.8) is 0 Å². The summed E-state index contributed by atoms with van der Waals surface area (Å²) in [4.78, 5) is 10.9. The van der Waals surface area contributed by atoms with Crippen molar-refractivity contribution in [2.45, 2.75) is 18.9 Å². The smallest absolute Gasteiger partial charge is 0.316 e. The van der Waals surface area contributed by atoms with E-state index in [1.54, 1.807) is 0 Å². The van der Waals surface area contributed by atoms with E-state index < -0.39 is 0 Å². The molecule has 6 heteroatoms. The second-order valence-corrected chi connectivity index (χ2v) is 4.89. The minimum absolute atomic E-state index is 0.193. The van der Waals surface area contributed by atoms with E-state index >= 15 is 0 Å². The Labute approximate surface area is 113 Å². The Balaban J connectivity index is 1.58. The normalized spacial score (nSPS) is 21.4. The molecular weight excluding hydrogens is 244 g/mol. The summed E-state index contributed by atoms with van der Waals surface area (Å²) in [6.45, 7) is 5.57. The zero-order valence-corrected chi connectivity index (χ0v) is 11.0. The average molecular weight is 264 g/mol. The number of ether oxygens (including phenoxy) is 2. The van der Waals surface area contributed by atoms with Gasteiger partial charge in [-0.3, -0.25) is 0 Å². The fraction of sp³-hybridized carbons (Fsp3) is 0.692. The van der Waals surface area contributed by atoms with Crippen molar-refractivity contribution in [2.75, 3.05) is 44.3 Å². The molecule has 3 heterocycles. The van der Waals surface area contributed by atoms with Crippen LogP contribution in [0.15, 0.2) is 12.4 Å². The number of aromatic nitrogens is 2. The maximum atomic E-state index is 5.76. The number of anilines is 1. The van der Waals surface area contributed by atoms with Gasteiger partial charge in [-0.2, -0.15) is 0 Å². The van der Waals surface area contributed by atoms with Gasteiger partial charge in [0.25, 0.3) is 0 Å². The van der Waals surface area contributed by atoms with Crippen molar-refractivity contribution >= 4 is 5.69 Å². The van der Waals surface area contributed by atoms with Crippen LogP contribution in [0.25, 0.3) is 0 Å². The molecule has 2 saturated heterocycles. The standard InChI is InChI=1S/C13H20N4O2/c1-7-18-8-2-12(1)19-13-15-9-11(10-16-13)17-5-3-14-4-6-17/h9-10,12,14H,1-8H2. The van der Waals surface area contributed by atoms with Crippen molar-refractivity contribution < 1.29 is 9.47 Å². The van der Waals surface area contributed by atoms with E-state index in [-0.39, 0.29) is 6.10 Å². The molecule has 0 spiro atoms. The van der Waals surface area contributed by atoms with E-state index in [2.05, 4.69) is 20.2 Å². The molecule has 0 amide bonds. The fourth-order valence-electron chi connectivity index (χ4n) is 2.40. The number of nitrogens with one attached hydrogen (secondary N) is 1. The second kappa shape index (κ2) is 6.16. The maximum absolute atomic E-state index is 5.76. The molecule has 0 bridgehead atoms. The van der Waals surface area contributed by atoms with Crippen LogP contribution in [0.3, 0.4) is 0 Å². The zero-order valence-electron chi connectivity index (χ0n) is 11.0. The van der Waals surface area contributed by atoms with Crippen molar-refractivity contribution in [1.29, 1.82) is 0 Å². The molecule has 6 nitrogen and oxygen atoms in total. The van der Waals surface area contributed by atoms with E-state index in [0.717, 1.165) is 57.9 Å². The van der Waals surface area contributed by atoms with Gasteiger partial charge >= 0.3 is 6.01 Å². The molecule has 1 aromatic rings. The Bertz CT molecular complexity index is 386. The van der Waals surface area contributed by atoms with E-state index in [1.807, 2.05) is 12.4 Å². The first-order chi connectivity index (χ1) is 9.42. The van der Waals surface area contributed by atoms with Crippen molar-refractivity contribution in [1.82, 2.24) is 15.3 Å². The van der Waals surface area contributed by atoms with Crippen molar-refractivity contribution in [3.05, 3.63) is 12.4 Å². The zero-order chi connectivity index (χ0) is 12.9. The molecule has 2 aliphatic heterocycles. The molecule has 0 aliphatic carbocycles. The van der Waals surface area contributed by atoms with Gasteiger partial charge in [0.1, 0.15) is 6.10 Å². The molecule has 2 aliphatic rings. The highest BCUT2D eigenvalue weighted by molar-refractivity contribution is 5.42. The van der Waals surface area contributed by atoms with Gasteiger partial charge in [0, 0.05) is 39.0 Å². The number of rotatable bonds is 3. The first-order valence-electron chi connectivity index (χ1n) is 6.94. The Kier molecular flexibility index (Phi) is 4.10. The van der Waals surface area contributed by atoms with E-state index in [9.17, 15) is 0 Å². The first-order valence-corrected chi connectivity index (χ1v) is 6.94. The van der Waals surface area contributed by atoms with Gasteiger partial charge in [-0.1, -0.05) is 0 Å². The quantitative estimate of drug-likeness (QED) is 0.855. The van der Waals surface area contributed by atoms with Gasteiger partial charge in [-0.05, 0) is 0 Å². The molecule has 1 aromatic heterocycles. The average Bonchev–Trinajstić information content (AvgIpc) is 2.50. The third-order valence-electron chi connectivity index (χ3n) is 3.54. The summed E-state index contributed by atoms with van der Waals surface area (Å²) < 4.78 is 11.1. The van der Waals surface area contributed by atoms with Crippen LogP contribution in [0.2, 0.25) is 0 Å². The van der Waals surface area contributed by atoms with Crippen LogP contribution in [0.1, 0.15) is 12.8 Å². The summed E-state index contributed by atoms with van der Waals surface area (Å²) in [5.74, 6) is 0. The van der Waals surface area contributed by atoms with Gasteiger partial charge in [-0.25, -0.2) is 9.97 Å². The summed E-state index contributed by atoms with van der Waals surface area (Å²) in [5.41, 5.74) is 1.07. The predicted molar refractivity (Wildman–Crippen MR) is 71.6 cm³/mol. The van der Waals surface area contributed by atoms with Crippen LogP contribution in [0, 0.1) is 0 Å². The lowest BCUT2D eigenvalue weighted by atomic mass is 10.2. The highest BCUT2D eigenvalue weighted by Crippen LogP contribution is 2.17. The summed E-state index contributed by atoms with van der Waals surface area (Å²) in [6.07, 6.45) is 5.74. The SMILES string of the molecule is c1nc(OC2CCOCC2)ncc1N1CCNCC1. The molecule has 1 N–H and O–H groups in total. The molecular formula is C13H20N4O2. The molecule has 0 saturated carbocycles. The Hall–Kier alpha value is -1.40. The Morgan fingerprint density at radius 1 is 1.16 bits per heavy atom. The molecule has 3 rings (SSSR count). The van der Waals surface area contributed by atoms with E-state index in [1.165, 1.54) is 0 Å². The van der Waals surface area contributed by atoms with Crippen LogP contribution in [-0.2, 0) is 4.74 Å². The maximum Gasteiger partial charge on any atom is 0.316 e. The Morgan fingerprint density at radius 3 is 2.53 bits per heavy atom. The molecule has 0 atom stereocenters. The molecule has 0 radical (unpaired) electrons. The highest BCUT2D eigenvalue weighted by atomic mass is 16.5. The lowest BCUT2D eigenvalue weighted by molar-refractivity contribution is 0.0217. The van der Waals surface area contributed by atoms with Crippen LogP contribution < -0.4 is 15.0 Å². The van der Waals surface area contributed by atoms with Gasteiger partial charge in [0.2, 0.25) is 0 Å². The summed E-state index contributed by atoms with van der Waals surface area (Å²) >= 11 is 0. The molecule has 0 aromatic carbocycles. The number of piperazine rings is 1. The fourth-order valence-corrected chi connectivity index (χ4v) is 2.40. The number of hydrogen-bond acceptors (Lipinski definition) is 6. The summed E-state index contributed by atoms with van der Waals surface area (Å²) in [7, 11) is 0. The minimum atomic E-state index is 0.193. The van der Waals surface area contributed by atoms with Crippen molar-refractivity contribution in [2.24, 2.45) is 0 Å². The summed E-state index contributed by atoms with van der Waals surface area (Å²) in [5, 5.41) is 3.33. The van der Waals surface area contributed by atoms with Gasteiger partial charge in [0.05, 0.1) is 31.3 Å². The molecule has 104 valence electrons. The first kappa shape index (κ1) is 12.6. The van der Waals surface area contributed by atoms with E-state index in [0.29, 0.717) is 6.01 Å². The lowest BCUT2D eigenvalue weighted by Crippen LogP contribution is -2.43. The topological polar surface area (TPSA) is 59.5 Å². The monoisotopic (exact) mass is 264 g/mol. The van der Waals surface area contributed by atoms with Crippen LogP contribution in [0.5, 0.6) is 6.01 Å². The van der Waals surface area contributed by atoms with Crippen LogP contribution in [0.4, 0.5) is 5.69 Å². The summed E-state index contributed by atoms with van der Waals surface area (Å²) in [6, 6.07) is 0.478. The lowest BCUT2D eigenvalue weighted by Gasteiger charge is -2.29. The van der Waals surface area contributed by atoms with E-state index in [4.69, 9.17) is 9.47 Å².